The van der Waals surface area contributed by atoms with E-state index in [0.717, 1.165) is 19.3 Å². The van der Waals surface area contributed by atoms with Crippen LogP contribution in [0.15, 0.2) is 58.0 Å². The Labute approximate surface area is 207 Å². The number of sulfonamides is 1. The average Bonchev–Trinajstić information content (AvgIpc) is 3.46. The van der Waals surface area contributed by atoms with Crippen molar-refractivity contribution in [3.05, 3.63) is 71.4 Å². The Morgan fingerprint density at radius 1 is 1.14 bits per heavy atom. The normalized spacial score (nSPS) is 16.1. The molecule has 0 saturated carbocycles. The molecular formula is C26H34N4O4S. The first kappa shape index (κ1) is 25.2. The van der Waals surface area contributed by atoms with Gasteiger partial charge in [-0.15, -0.1) is 0 Å². The van der Waals surface area contributed by atoms with E-state index in [1.165, 1.54) is 23.2 Å². The summed E-state index contributed by atoms with van der Waals surface area (Å²) in [5.41, 5.74) is 2.18. The third-order valence-electron chi connectivity index (χ3n) is 6.90. The van der Waals surface area contributed by atoms with Crippen LogP contribution in [0, 0.1) is 19.8 Å². The van der Waals surface area contributed by atoms with E-state index in [9.17, 15) is 13.2 Å². The van der Waals surface area contributed by atoms with Crippen LogP contribution in [0.4, 0.5) is 0 Å². The molecule has 0 N–H and O–H groups in total. The van der Waals surface area contributed by atoms with E-state index in [0.29, 0.717) is 36.2 Å². The first-order valence-electron chi connectivity index (χ1n) is 12.1. The van der Waals surface area contributed by atoms with E-state index >= 15 is 0 Å². The van der Waals surface area contributed by atoms with Gasteiger partial charge in [-0.05, 0) is 63.6 Å². The zero-order chi connectivity index (χ0) is 25.2. The minimum atomic E-state index is -3.81. The first-order valence-corrected chi connectivity index (χ1v) is 13.5. The zero-order valence-corrected chi connectivity index (χ0v) is 21.7. The highest BCUT2D eigenvalue weighted by Crippen LogP contribution is 2.28. The number of amides is 1. The summed E-state index contributed by atoms with van der Waals surface area (Å²) in [6.07, 6.45) is 4.47. The SMILES string of the molecule is Cc1nn([C@@H](C)C(=O)N2CCC(Cc3ccccc3)CC2)c(C)c1S(=O)(=O)N(C)Cc1ccco1. The zero-order valence-electron chi connectivity index (χ0n) is 20.8. The standard InChI is InChI=1S/C26H34N4O4S/c1-19-25(35(32,33)28(4)18-24-11-8-16-34-24)20(2)30(27-19)21(3)26(31)29-14-12-23(13-15-29)17-22-9-6-5-7-10-22/h5-11,16,21,23H,12-15,17-18H2,1-4H3/t21-/m0/s1. The Bertz CT molecular complexity index is 1240. The van der Waals surface area contributed by atoms with Crippen LogP contribution in [0.1, 0.15) is 48.5 Å². The molecule has 1 amide bonds. The van der Waals surface area contributed by atoms with E-state index in [4.69, 9.17) is 4.42 Å². The summed E-state index contributed by atoms with van der Waals surface area (Å²) in [4.78, 5) is 15.4. The number of likely N-dealkylation sites (tertiary alicyclic amines) is 1. The summed E-state index contributed by atoms with van der Waals surface area (Å²) in [5, 5.41) is 4.48. The van der Waals surface area contributed by atoms with Gasteiger partial charge in [0, 0.05) is 20.1 Å². The van der Waals surface area contributed by atoms with E-state index in [2.05, 4.69) is 29.4 Å². The largest absolute Gasteiger partial charge is 0.468 e. The van der Waals surface area contributed by atoms with Gasteiger partial charge in [0.05, 0.1) is 24.2 Å². The molecular weight excluding hydrogens is 464 g/mol. The summed E-state index contributed by atoms with van der Waals surface area (Å²) >= 11 is 0. The molecule has 188 valence electrons. The second-order valence-corrected chi connectivity index (χ2v) is 11.4. The first-order chi connectivity index (χ1) is 16.7. The second-order valence-electron chi connectivity index (χ2n) is 9.42. The van der Waals surface area contributed by atoms with Crippen LogP contribution in [0.25, 0.3) is 0 Å². The monoisotopic (exact) mass is 498 g/mol. The molecule has 0 radical (unpaired) electrons. The predicted octanol–water partition coefficient (Wildman–Crippen LogP) is 3.96. The number of hydrogen-bond donors (Lipinski definition) is 0. The van der Waals surface area contributed by atoms with Crippen LogP contribution in [-0.4, -0.2) is 53.4 Å². The summed E-state index contributed by atoms with van der Waals surface area (Å²) in [6.45, 7) is 6.70. The fourth-order valence-corrected chi connectivity index (χ4v) is 6.42. The molecule has 1 aliphatic heterocycles. The van der Waals surface area contributed by atoms with Gasteiger partial charge in [-0.3, -0.25) is 9.48 Å². The van der Waals surface area contributed by atoms with Gasteiger partial charge >= 0.3 is 0 Å². The number of rotatable bonds is 8. The van der Waals surface area contributed by atoms with Gasteiger partial charge in [0.2, 0.25) is 15.9 Å². The third kappa shape index (κ3) is 5.36. The minimum Gasteiger partial charge on any atom is -0.468 e. The molecule has 1 aliphatic rings. The van der Waals surface area contributed by atoms with E-state index in [1.807, 2.05) is 11.0 Å². The number of aromatic nitrogens is 2. The molecule has 1 atom stereocenters. The van der Waals surface area contributed by atoms with E-state index in [-0.39, 0.29) is 17.3 Å². The fourth-order valence-electron chi connectivity index (χ4n) is 4.93. The molecule has 35 heavy (non-hydrogen) atoms. The summed E-state index contributed by atoms with van der Waals surface area (Å²) in [6, 6.07) is 13.3. The van der Waals surface area contributed by atoms with Crippen molar-refractivity contribution in [2.24, 2.45) is 5.92 Å². The lowest BCUT2D eigenvalue weighted by Crippen LogP contribution is -2.42. The van der Waals surface area contributed by atoms with Crippen molar-refractivity contribution in [2.45, 2.75) is 57.5 Å². The molecule has 1 aromatic carbocycles. The quantitative estimate of drug-likeness (QED) is 0.469. The summed E-state index contributed by atoms with van der Waals surface area (Å²) in [5.74, 6) is 1.09. The van der Waals surface area contributed by atoms with Gasteiger partial charge in [0.1, 0.15) is 16.7 Å². The lowest BCUT2D eigenvalue weighted by atomic mass is 9.90. The number of carbonyl (C=O) groups excluding carboxylic acids is 1. The van der Waals surface area contributed by atoms with Crippen LogP contribution in [-0.2, 0) is 27.8 Å². The fraction of sp³-hybridized carbons (Fsp3) is 0.462. The average molecular weight is 499 g/mol. The van der Waals surface area contributed by atoms with Crippen LogP contribution in [0.5, 0.6) is 0 Å². The number of carbonyl (C=O) groups is 1. The number of piperidine rings is 1. The number of furan rings is 1. The van der Waals surface area contributed by atoms with Gasteiger partial charge < -0.3 is 9.32 Å². The van der Waals surface area contributed by atoms with Crippen molar-refractivity contribution in [3.63, 3.8) is 0 Å². The molecule has 8 nitrogen and oxygen atoms in total. The van der Waals surface area contributed by atoms with Gasteiger partial charge in [-0.1, -0.05) is 30.3 Å². The molecule has 1 fully saturated rings. The molecule has 1 saturated heterocycles. The third-order valence-corrected chi connectivity index (χ3v) is 8.96. The van der Waals surface area contributed by atoms with Crippen molar-refractivity contribution in [2.75, 3.05) is 20.1 Å². The maximum atomic E-state index is 13.3. The molecule has 3 aromatic rings. The van der Waals surface area contributed by atoms with Gasteiger partial charge in [-0.25, -0.2) is 8.42 Å². The lowest BCUT2D eigenvalue weighted by molar-refractivity contribution is -0.136. The van der Waals surface area contributed by atoms with Crippen LogP contribution < -0.4 is 0 Å². The molecule has 0 spiro atoms. The minimum absolute atomic E-state index is 0.0263. The van der Waals surface area contributed by atoms with Gasteiger partial charge in [0.25, 0.3) is 0 Å². The highest BCUT2D eigenvalue weighted by Gasteiger charge is 2.33. The highest BCUT2D eigenvalue weighted by molar-refractivity contribution is 7.89. The summed E-state index contributed by atoms with van der Waals surface area (Å²) < 4.78 is 34.8. The molecule has 0 unspecified atom stereocenters. The molecule has 9 heteroatoms. The lowest BCUT2D eigenvalue weighted by Gasteiger charge is -2.34. The topological polar surface area (TPSA) is 88.7 Å². The van der Waals surface area contributed by atoms with Crippen molar-refractivity contribution >= 4 is 15.9 Å². The second kappa shape index (κ2) is 10.4. The maximum Gasteiger partial charge on any atom is 0.247 e. The molecule has 2 aromatic heterocycles. The Hall–Kier alpha value is -2.91. The van der Waals surface area contributed by atoms with Crippen molar-refractivity contribution in [1.82, 2.24) is 19.0 Å². The summed E-state index contributed by atoms with van der Waals surface area (Å²) in [7, 11) is -2.30. The molecule has 0 bridgehead atoms. The van der Waals surface area contributed by atoms with E-state index < -0.39 is 16.1 Å². The smallest absolute Gasteiger partial charge is 0.247 e. The number of benzene rings is 1. The Morgan fingerprint density at radius 3 is 2.46 bits per heavy atom. The van der Waals surface area contributed by atoms with Crippen LogP contribution >= 0.6 is 0 Å². The van der Waals surface area contributed by atoms with Crippen molar-refractivity contribution < 1.29 is 17.6 Å². The Balaban J connectivity index is 1.44. The number of aryl methyl sites for hydroxylation is 1. The highest BCUT2D eigenvalue weighted by atomic mass is 32.2. The molecule has 0 aliphatic carbocycles. The van der Waals surface area contributed by atoms with E-state index in [1.54, 1.807) is 37.6 Å². The number of nitrogens with zero attached hydrogens (tertiary/aromatic N) is 4. The molecule has 3 heterocycles. The number of hydrogen-bond acceptors (Lipinski definition) is 5. The Morgan fingerprint density at radius 2 is 1.83 bits per heavy atom. The maximum absolute atomic E-state index is 13.3. The predicted molar refractivity (Wildman–Crippen MR) is 133 cm³/mol. The van der Waals surface area contributed by atoms with Crippen LogP contribution in [0.3, 0.4) is 0 Å². The van der Waals surface area contributed by atoms with Crippen molar-refractivity contribution in [1.29, 1.82) is 0 Å². The van der Waals surface area contributed by atoms with Gasteiger partial charge in [-0.2, -0.15) is 9.40 Å². The Kier molecular flexibility index (Phi) is 7.47. The van der Waals surface area contributed by atoms with Crippen molar-refractivity contribution in [3.8, 4) is 0 Å². The van der Waals surface area contributed by atoms with Gasteiger partial charge in [0.15, 0.2) is 0 Å². The molecule has 4 rings (SSSR count). The van der Waals surface area contributed by atoms with Crippen LogP contribution in [0.2, 0.25) is 0 Å².